The minimum Gasteiger partial charge on any atom is -0.374 e. The molecular weight excluding hydrogens is 172 g/mol. The molecule has 0 amide bonds. The van der Waals surface area contributed by atoms with Crippen LogP contribution >= 0.6 is 0 Å². The first-order chi connectivity index (χ1) is 6.12. The van der Waals surface area contributed by atoms with Gasteiger partial charge in [-0.25, -0.2) is 0 Å². The van der Waals surface area contributed by atoms with Crippen LogP contribution in [0.3, 0.4) is 0 Å². The molecule has 0 aromatic heterocycles. The Kier molecular flexibility index (Phi) is 3.02. The van der Waals surface area contributed by atoms with Crippen LogP contribution in [-0.2, 0) is 4.74 Å². The van der Waals surface area contributed by atoms with Crippen LogP contribution in [0.5, 0.6) is 0 Å². The summed E-state index contributed by atoms with van der Waals surface area (Å²) in [5, 5.41) is 0. The molecule has 1 nitrogen and oxygen atoms in total. The van der Waals surface area contributed by atoms with Crippen molar-refractivity contribution in [3.63, 3.8) is 0 Å². The summed E-state index contributed by atoms with van der Waals surface area (Å²) >= 11 is 0. The molecule has 0 spiro atoms. The van der Waals surface area contributed by atoms with Crippen LogP contribution in [0.1, 0.15) is 54.9 Å². The molecule has 1 rings (SSSR count). The zero-order valence-corrected chi connectivity index (χ0v) is 10.8. The van der Waals surface area contributed by atoms with Crippen molar-refractivity contribution in [1.29, 1.82) is 0 Å². The standard InChI is InChI=1S/C13H26O/c1-9-10(12(2,3)4)8-11(14-9)13(5,6)7/h9-11H,8H2,1-7H3. The van der Waals surface area contributed by atoms with Crippen molar-refractivity contribution in [2.75, 3.05) is 0 Å². The van der Waals surface area contributed by atoms with Crippen molar-refractivity contribution in [1.82, 2.24) is 0 Å². The molecule has 14 heavy (non-hydrogen) atoms. The molecule has 3 unspecified atom stereocenters. The van der Waals surface area contributed by atoms with Crippen LogP contribution in [0.15, 0.2) is 0 Å². The average molecular weight is 198 g/mol. The zero-order chi connectivity index (χ0) is 11.1. The molecule has 0 radical (unpaired) electrons. The minimum atomic E-state index is 0.286. The summed E-state index contributed by atoms with van der Waals surface area (Å²) in [6.45, 7) is 16.0. The molecule has 0 bridgehead atoms. The molecule has 1 saturated heterocycles. The summed E-state index contributed by atoms with van der Waals surface area (Å²) in [4.78, 5) is 0. The van der Waals surface area contributed by atoms with Gasteiger partial charge in [0.25, 0.3) is 0 Å². The Hall–Kier alpha value is -0.0400. The lowest BCUT2D eigenvalue weighted by Crippen LogP contribution is -2.26. The second kappa shape index (κ2) is 3.52. The smallest absolute Gasteiger partial charge is 0.0630 e. The Balaban J connectivity index is 2.70. The van der Waals surface area contributed by atoms with Crippen LogP contribution in [0, 0.1) is 16.7 Å². The Morgan fingerprint density at radius 2 is 1.43 bits per heavy atom. The highest BCUT2D eigenvalue weighted by Gasteiger charge is 2.43. The SMILES string of the molecule is CC1OC(C(C)(C)C)CC1C(C)(C)C. The monoisotopic (exact) mass is 198 g/mol. The summed E-state index contributed by atoms with van der Waals surface area (Å²) < 4.78 is 6.06. The number of rotatable bonds is 0. The van der Waals surface area contributed by atoms with E-state index in [-0.39, 0.29) is 5.41 Å². The largest absolute Gasteiger partial charge is 0.374 e. The fourth-order valence-corrected chi connectivity index (χ4v) is 2.45. The topological polar surface area (TPSA) is 9.23 Å². The molecule has 0 N–H and O–H groups in total. The molecular formula is C13H26O. The molecule has 1 aliphatic heterocycles. The summed E-state index contributed by atoms with van der Waals surface area (Å²) in [5.41, 5.74) is 0.660. The van der Waals surface area contributed by atoms with Gasteiger partial charge < -0.3 is 4.74 Å². The van der Waals surface area contributed by atoms with E-state index < -0.39 is 0 Å². The first kappa shape index (κ1) is 12.0. The highest BCUT2D eigenvalue weighted by Crippen LogP contribution is 2.44. The third kappa shape index (κ3) is 2.50. The van der Waals surface area contributed by atoms with Crippen LogP contribution < -0.4 is 0 Å². The molecule has 1 aliphatic rings. The third-order valence-electron chi connectivity index (χ3n) is 3.49. The molecule has 1 fully saturated rings. The highest BCUT2D eigenvalue weighted by molar-refractivity contribution is 4.91. The van der Waals surface area contributed by atoms with E-state index in [1.807, 2.05) is 0 Å². The molecule has 0 saturated carbocycles. The van der Waals surface area contributed by atoms with Crippen molar-refractivity contribution in [2.45, 2.75) is 67.1 Å². The molecule has 1 heterocycles. The normalized spacial score (nSPS) is 34.9. The molecule has 84 valence electrons. The number of hydrogen-bond donors (Lipinski definition) is 0. The van der Waals surface area contributed by atoms with E-state index in [0.29, 0.717) is 23.5 Å². The van der Waals surface area contributed by atoms with E-state index in [9.17, 15) is 0 Å². The van der Waals surface area contributed by atoms with Gasteiger partial charge in [-0.05, 0) is 30.1 Å². The number of ether oxygens (including phenoxy) is 1. The number of hydrogen-bond acceptors (Lipinski definition) is 1. The Labute approximate surface area is 89.2 Å². The summed E-state index contributed by atoms with van der Waals surface area (Å²) in [6.07, 6.45) is 2.06. The maximum absolute atomic E-state index is 6.06. The van der Waals surface area contributed by atoms with Crippen LogP contribution in [-0.4, -0.2) is 12.2 Å². The van der Waals surface area contributed by atoms with Crippen LogP contribution in [0.25, 0.3) is 0 Å². The van der Waals surface area contributed by atoms with Crippen molar-refractivity contribution in [2.24, 2.45) is 16.7 Å². The van der Waals surface area contributed by atoms with E-state index in [0.717, 1.165) is 0 Å². The molecule has 0 aliphatic carbocycles. The molecule has 3 atom stereocenters. The molecule has 0 aromatic carbocycles. The Morgan fingerprint density at radius 1 is 0.929 bits per heavy atom. The predicted octanol–water partition coefficient (Wildman–Crippen LogP) is 3.87. The molecule has 1 heteroatoms. The van der Waals surface area contributed by atoms with Gasteiger partial charge in [-0.2, -0.15) is 0 Å². The van der Waals surface area contributed by atoms with Gasteiger partial charge in [0, 0.05) is 0 Å². The Morgan fingerprint density at radius 3 is 1.64 bits per heavy atom. The van der Waals surface area contributed by atoms with Crippen molar-refractivity contribution in [3.05, 3.63) is 0 Å². The van der Waals surface area contributed by atoms with Crippen molar-refractivity contribution in [3.8, 4) is 0 Å². The maximum atomic E-state index is 6.06. The van der Waals surface area contributed by atoms with Crippen LogP contribution in [0.2, 0.25) is 0 Å². The van der Waals surface area contributed by atoms with Gasteiger partial charge in [-0.3, -0.25) is 0 Å². The zero-order valence-electron chi connectivity index (χ0n) is 10.8. The lowest BCUT2D eigenvalue weighted by atomic mass is 9.74. The summed E-state index contributed by atoms with van der Waals surface area (Å²) in [6, 6.07) is 0. The van der Waals surface area contributed by atoms with E-state index in [4.69, 9.17) is 4.74 Å². The average Bonchev–Trinajstić information content (AvgIpc) is 2.27. The van der Waals surface area contributed by atoms with E-state index >= 15 is 0 Å². The summed E-state index contributed by atoms with van der Waals surface area (Å²) in [5.74, 6) is 0.701. The van der Waals surface area contributed by atoms with E-state index in [2.05, 4.69) is 48.5 Å². The lowest BCUT2D eigenvalue weighted by molar-refractivity contribution is -0.0185. The van der Waals surface area contributed by atoms with Gasteiger partial charge in [-0.1, -0.05) is 41.5 Å². The third-order valence-corrected chi connectivity index (χ3v) is 3.49. The first-order valence-corrected chi connectivity index (χ1v) is 5.78. The van der Waals surface area contributed by atoms with Gasteiger partial charge in [0.15, 0.2) is 0 Å². The minimum absolute atomic E-state index is 0.286. The van der Waals surface area contributed by atoms with E-state index in [1.165, 1.54) is 6.42 Å². The van der Waals surface area contributed by atoms with Crippen molar-refractivity contribution < 1.29 is 4.74 Å². The van der Waals surface area contributed by atoms with Gasteiger partial charge in [0.05, 0.1) is 12.2 Å². The van der Waals surface area contributed by atoms with Gasteiger partial charge in [0.1, 0.15) is 0 Å². The van der Waals surface area contributed by atoms with Gasteiger partial charge >= 0.3 is 0 Å². The Bertz CT molecular complexity index is 194. The fourth-order valence-electron chi connectivity index (χ4n) is 2.45. The lowest BCUT2D eigenvalue weighted by Gasteiger charge is -2.29. The molecule has 0 aromatic rings. The fraction of sp³-hybridized carbons (Fsp3) is 1.00. The maximum Gasteiger partial charge on any atom is 0.0630 e. The summed E-state index contributed by atoms with van der Waals surface area (Å²) in [7, 11) is 0. The predicted molar refractivity (Wildman–Crippen MR) is 61.4 cm³/mol. The quantitative estimate of drug-likeness (QED) is 0.574. The first-order valence-electron chi connectivity index (χ1n) is 5.78. The second-order valence-electron chi connectivity index (χ2n) is 6.90. The van der Waals surface area contributed by atoms with E-state index in [1.54, 1.807) is 0 Å². The van der Waals surface area contributed by atoms with Crippen molar-refractivity contribution >= 4 is 0 Å². The highest BCUT2D eigenvalue weighted by atomic mass is 16.5. The van der Waals surface area contributed by atoms with Crippen LogP contribution in [0.4, 0.5) is 0 Å². The van der Waals surface area contributed by atoms with Gasteiger partial charge in [-0.15, -0.1) is 0 Å². The second-order valence-corrected chi connectivity index (χ2v) is 6.90. The van der Waals surface area contributed by atoms with Gasteiger partial charge in [0.2, 0.25) is 0 Å².